The summed E-state index contributed by atoms with van der Waals surface area (Å²) in [7, 11) is -11.5. The molecular weight excluding hydrogens is 784 g/mol. The summed E-state index contributed by atoms with van der Waals surface area (Å²) in [4.78, 5) is 41.1. The molecule has 0 unspecified atom stereocenters. The van der Waals surface area contributed by atoms with Gasteiger partial charge in [0.15, 0.2) is 0 Å². The van der Waals surface area contributed by atoms with Crippen molar-refractivity contribution in [1.29, 1.82) is 0 Å². The van der Waals surface area contributed by atoms with Crippen LogP contribution in [-0.2, 0) is 9.13 Å². The Kier molecular flexibility index (Phi) is 12.5. The van der Waals surface area contributed by atoms with Gasteiger partial charge in [-0.3, -0.25) is 9.13 Å². The second-order valence-electron chi connectivity index (χ2n) is 13.1. The zero-order chi connectivity index (χ0) is 40.2. The van der Waals surface area contributed by atoms with Gasteiger partial charge in [-0.1, -0.05) is 172 Å². The van der Waals surface area contributed by atoms with Crippen molar-refractivity contribution in [3.8, 4) is 0 Å². The molecule has 4 N–H and O–H groups in total. The fourth-order valence-electron chi connectivity index (χ4n) is 7.23. The molecule has 57 heavy (non-hydrogen) atoms. The van der Waals surface area contributed by atoms with Gasteiger partial charge in [-0.2, -0.15) is 0 Å². The van der Waals surface area contributed by atoms with Crippen molar-refractivity contribution in [3.63, 3.8) is 0 Å². The van der Waals surface area contributed by atoms with Gasteiger partial charge in [0.05, 0.1) is 10.6 Å². The Morgan fingerprint density at radius 1 is 0.491 bits per heavy atom. The molecule has 0 bridgehead atoms. The Morgan fingerprint density at radius 3 is 1.44 bits per heavy atom. The maximum atomic E-state index is 12.6. The first-order valence-corrected chi connectivity index (χ1v) is 24.5. The second kappa shape index (κ2) is 17.5. The molecule has 0 atom stereocenters. The lowest BCUT2D eigenvalue weighted by Gasteiger charge is -2.29. The molecule has 0 fully saturated rings. The van der Waals surface area contributed by atoms with Gasteiger partial charge in [-0.25, -0.2) is 0 Å². The van der Waals surface area contributed by atoms with Crippen LogP contribution in [-0.4, -0.2) is 19.6 Å². The van der Waals surface area contributed by atoms with E-state index in [1.165, 1.54) is 12.1 Å². The summed E-state index contributed by atoms with van der Waals surface area (Å²) in [5.41, 5.74) is 1.84. The smallest absolute Gasteiger partial charge is 0.321 e. The first kappa shape index (κ1) is 40.6. The van der Waals surface area contributed by atoms with Crippen LogP contribution in [0.5, 0.6) is 0 Å². The maximum absolute atomic E-state index is 12.6. The zero-order valence-corrected chi connectivity index (χ0v) is 35.0. The molecule has 6 nitrogen and oxygen atoms in total. The normalized spacial score (nSPS) is 13.0. The lowest BCUT2D eigenvalue weighted by Crippen LogP contribution is -2.33. The number of rotatable bonds is 9. The number of allylic oxidation sites excluding steroid dienone is 2. The highest BCUT2D eigenvalue weighted by atomic mass is 31.2. The fraction of sp³-hybridized carbons (Fsp3) is 0.0638. The predicted octanol–water partition coefficient (Wildman–Crippen LogP) is 6.63. The summed E-state index contributed by atoms with van der Waals surface area (Å²) in [6.07, 6.45) is 4.79. The molecule has 0 saturated heterocycles. The monoisotopic (exact) mass is 826 g/mol. The summed E-state index contributed by atoms with van der Waals surface area (Å²) in [6.45, 7) is 4.00. The molecule has 0 spiro atoms. The van der Waals surface area contributed by atoms with Crippen LogP contribution in [0.3, 0.4) is 0 Å². The van der Waals surface area contributed by atoms with E-state index >= 15 is 0 Å². The highest BCUT2D eigenvalue weighted by Gasteiger charge is 2.31. The third-order valence-corrected chi connectivity index (χ3v) is 16.6. The van der Waals surface area contributed by atoms with Crippen LogP contribution < -0.4 is 47.6 Å². The lowest BCUT2D eigenvalue weighted by molar-refractivity contribution is 0.385. The number of hydrogen-bond donors (Lipinski definition) is 4. The van der Waals surface area contributed by atoms with Gasteiger partial charge in [0.25, 0.3) is 0 Å². The maximum Gasteiger partial charge on any atom is 0.356 e. The van der Waals surface area contributed by atoms with E-state index in [0.717, 1.165) is 53.6 Å². The van der Waals surface area contributed by atoms with Crippen molar-refractivity contribution >= 4 is 90.6 Å². The highest BCUT2D eigenvalue weighted by Crippen LogP contribution is 2.51. The molecule has 286 valence electrons. The Morgan fingerprint density at radius 2 is 0.947 bits per heavy atom. The third kappa shape index (κ3) is 8.67. The van der Waals surface area contributed by atoms with E-state index in [2.05, 4.69) is 60.7 Å². The molecule has 0 heterocycles. The van der Waals surface area contributed by atoms with E-state index in [1.54, 1.807) is 12.1 Å². The zero-order valence-electron chi connectivity index (χ0n) is 31.4. The number of benzene rings is 7. The van der Waals surface area contributed by atoms with E-state index in [0.29, 0.717) is 17.0 Å². The SMILES string of the molecule is CC.O=P(O)(O)c1ccc2c(c1)=CCC=C(P(c1ccccc1)c1ccccc1)C=2c1c(P(c2ccccc2)c2ccccc2)ccc2cc(P(=O)(O)O)ccc12. The van der Waals surface area contributed by atoms with Gasteiger partial charge >= 0.3 is 15.2 Å². The van der Waals surface area contributed by atoms with Gasteiger partial charge in [0.2, 0.25) is 0 Å². The van der Waals surface area contributed by atoms with E-state index in [4.69, 9.17) is 0 Å². The Labute approximate surface area is 335 Å². The van der Waals surface area contributed by atoms with Crippen molar-refractivity contribution in [2.75, 3.05) is 0 Å². The molecule has 0 amide bonds. The molecule has 7 aromatic rings. The first-order chi connectivity index (χ1) is 27.6. The van der Waals surface area contributed by atoms with Gasteiger partial charge in [-0.15, -0.1) is 0 Å². The molecule has 1 aliphatic rings. The average molecular weight is 827 g/mol. The van der Waals surface area contributed by atoms with E-state index in [-0.39, 0.29) is 10.6 Å². The lowest BCUT2D eigenvalue weighted by atomic mass is 9.95. The molecule has 0 saturated carbocycles. The van der Waals surface area contributed by atoms with Crippen molar-refractivity contribution in [1.82, 2.24) is 0 Å². The van der Waals surface area contributed by atoms with Crippen LogP contribution >= 0.6 is 31.0 Å². The first-order valence-electron chi connectivity index (χ1n) is 18.6. The largest absolute Gasteiger partial charge is 0.356 e. The highest BCUT2D eigenvalue weighted by molar-refractivity contribution is 7.80. The van der Waals surface area contributed by atoms with Crippen LogP contribution in [0.25, 0.3) is 22.4 Å². The summed E-state index contributed by atoms with van der Waals surface area (Å²) >= 11 is 0. The minimum absolute atomic E-state index is 0.0565. The Bertz CT molecular complexity index is 2700. The van der Waals surface area contributed by atoms with Gasteiger partial charge in [0.1, 0.15) is 0 Å². The molecule has 0 aliphatic heterocycles. The summed E-state index contributed by atoms with van der Waals surface area (Å²) in [5, 5.41) is 9.57. The van der Waals surface area contributed by atoms with Gasteiger partial charge < -0.3 is 19.6 Å². The summed E-state index contributed by atoms with van der Waals surface area (Å²) < 4.78 is 25.2. The molecule has 7 aromatic carbocycles. The Hall–Kier alpha value is -4.56. The van der Waals surface area contributed by atoms with Gasteiger partial charge in [-0.05, 0) is 111 Å². The molecule has 0 radical (unpaired) electrons. The molecule has 0 aromatic heterocycles. The predicted molar refractivity (Wildman–Crippen MR) is 242 cm³/mol. The fourth-order valence-corrected chi connectivity index (χ4v) is 13.4. The van der Waals surface area contributed by atoms with E-state index in [9.17, 15) is 28.7 Å². The topological polar surface area (TPSA) is 115 Å². The molecule has 8 rings (SSSR count). The van der Waals surface area contributed by atoms with E-state index < -0.39 is 31.0 Å². The van der Waals surface area contributed by atoms with Crippen molar-refractivity contribution in [3.05, 3.63) is 197 Å². The molecular formula is C47H42O6P4. The Balaban J connectivity index is 0.00000244. The second-order valence-corrected chi connectivity index (χ2v) is 20.7. The van der Waals surface area contributed by atoms with Gasteiger partial charge in [0, 0.05) is 0 Å². The summed E-state index contributed by atoms with van der Waals surface area (Å²) in [5.74, 6) is 0. The van der Waals surface area contributed by atoms with Crippen molar-refractivity contribution in [2.45, 2.75) is 20.3 Å². The van der Waals surface area contributed by atoms with Crippen LogP contribution in [0.4, 0.5) is 0 Å². The van der Waals surface area contributed by atoms with Crippen molar-refractivity contribution < 1.29 is 28.7 Å². The standard InChI is InChI=1S/C45H36O6P4.C2H6/c46-54(47,48)38-25-27-40-32(30-38)14-13-23-42(52(34-15-5-1-6-16-34)35-17-7-2-8-18-35)44(40)45-41-28-26-39(55(49,50)51)31-33(41)24-29-43(45)53(36-19-9-3-10-20-36)37-21-11-4-12-22-37;1-2/h1-12,14-31H,13H2,(H2,46,47,48)(H2,49,50,51);1-2H3. The van der Waals surface area contributed by atoms with Crippen LogP contribution in [0.2, 0.25) is 0 Å². The van der Waals surface area contributed by atoms with Crippen LogP contribution in [0.15, 0.2) is 181 Å². The van der Waals surface area contributed by atoms with Crippen molar-refractivity contribution in [2.24, 2.45) is 0 Å². The number of fused-ring (bicyclic) bond motifs is 2. The summed E-state index contributed by atoms with van der Waals surface area (Å²) in [6, 6.07) is 55.5. The minimum atomic E-state index is -4.58. The molecule has 1 aliphatic carbocycles. The number of hydrogen-bond acceptors (Lipinski definition) is 2. The van der Waals surface area contributed by atoms with Crippen LogP contribution in [0, 0.1) is 0 Å². The third-order valence-electron chi connectivity index (χ3n) is 9.65. The van der Waals surface area contributed by atoms with Crippen LogP contribution in [0.1, 0.15) is 25.8 Å². The average Bonchev–Trinajstić information content (AvgIpc) is 3.41. The molecule has 10 heteroatoms. The quantitative estimate of drug-likeness (QED) is 0.122. The van der Waals surface area contributed by atoms with E-state index in [1.807, 2.05) is 111 Å². The minimum Gasteiger partial charge on any atom is -0.321 e.